The molecule has 0 radical (unpaired) electrons. The summed E-state index contributed by atoms with van der Waals surface area (Å²) in [5.74, 6) is 0.883. The van der Waals surface area contributed by atoms with Gasteiger partial charge in [-0.25, -0.2) is 0 Å². The first-order valence-electron chi connectivity index (χ1n) is 5.64. The van der Waals surface area contributed by atoms with Crippen LogP contribution >= 0.6 is 15.9 Å². The van der Waals surface area contributed by atoms with Crippen molar-refractivity contribution < 1.29 is 5.11 Å². The van der Waals surface area contributed by atoms with Crippen LogP contribution in [0.15, 0.2) is 22.7 Å². The molecule has 1 unspecified atom stereocenters. The Labute approximate surface area is 113 Å². The number of aromatic amines is 1. The first-order chi connectivity index (χ1) is 8.70. The quantitative estimate of drug-likeness (QED) is 0.785. The summed E-state index contributed by atoms with van der Waals surface area (Å²) in [5.41, 5.74) is 0.857. The van der Waals surface area contributed by atoms with Gasteiger partial charge >= 0.3 is 0 Å². The Hall–Kier alpha value is -1.47. The number of nitrogens with zero attached hydrogens (tertiary/aromatic N) is 3. The predicted octanol–water partition coefficient (Wildman–Crippen LogP) is 1.91. The summed E-state index contributed by atoms with van der Waals surface area (Å²) < 4.78 is 0.940. The van der Waals surface area contributed by atoms with E-state index in [2.05, 4.69) is 41.9 Å². The number of benzene rings is 1. The molecule has 96 valence electrons. The topological polar surface area (TPSA) is 86.7 Å². The smallest absolute Gasteiger partial charge is 0.188 e. The summed E-state index contributed by atoms with van der Waals surface area (Å²) in [6, 6.07) is 5.44. The van der Waals surface area contributed by atoms with E-state index in [-0.39, 0.29) is 11.8 Å². The van der Waals surface area contributed by atoms with E-state index < -0.39 is 0 Å². The molecule has 2 rings (SSSR count). The lowest BCUT2D eigenvalue weighted by Crippen LogP contribution is -2.21. The molecule has 18 heavy (non-hydrogen) atoms. The molecule has 1 atom stereocenters. The fourth-order valence-corrected chi connectivity index (χ4v) is 2.13. The summed E-state index contributed by atoms with van der Waals surface area (Å²) in [7, 11) is 0. The van der Waals surface area contributed by atoms with Gasteiger partial charge in [0.25, 0.3) is 0 Å². The summed E-state index contributed by atoms with van der Waals surface area (Å²) >= 11 is 3.41. The van der Waals surface area contributed by atoms with Gasteiger partial charge in [0.2, 0.25) is 0 Å². The summed E-state index contributed by atoms with van der Waals surface area (Å²) in [4.78, 5) is 0. The van der Waals surface area contributed by atoms with E-state index in [1.54, 1.807) is 6.07 Å². The highest BCUT2D eigenvalue weighted by atomic mass is 79.9. The SMILES string of the molecule is CCC(NCc1nn[nH]n1)c1cc(Br)ccc1O. The van der Waals surface area contributed by atoms with Crippen LogP contribution in [-0.2, 0) is 6.54 Å². The molecule has 0 aliphatic carbocycles. The normalized spacial score (nSPS) is 12.6. The van der Waals surface area contributed by atoms with Crippen molar-refractivity contribution in [2.45, 2.75) is 25.9 Å². The minimum Gasteiger partial charge on any atom is -0.508 e. The molecule has 6 nitrogen and oxygen atoms in total. The molecule has 2 aromatic rings. The van der Waals surface area contributed by atoms with Crippen molar-refractivity contribution in [3.05, 3.63) is 34.1 Å². The van der Waals surface area contributed by atoms with Crippen LogP contribution in [0.5, 0.6) is 5.75 Å². The number of phenols is 1. The summed E-state index contributed by atoms with van der Waals surface area (Å²) in [5, 5.41) is 26.8. The van der Waals surface area contributed by atoms with Crippen LogP contribution in [-0.4, -0.2) is 25.7 Å². The van der Waals surface area contributed by atoms with E-state index in [0.29, 0.717) is 12.4 Å². The zero-order chi connectivity index (χ0) is 13.0. The molecule has 0 aliphatic heterocycles. The van der Waals surface area contributed by atoms with Crippen LogP contribution in [0.1, 0.15) is 30.8 Å². The highest BCUT2D eigenvalue weighted by molar-refractivity contribution is 9.10. The average molecular weight is 312 g/mol. The van der Waals surface area contributed by atoms with Gasteiger partial charge in [-0.05, 0) is 24.6 Å². The molecule has 0 bridgehead atoms. The number of nitrogens with one attached hydrogen (secondary N) is 2. The van der Waals surface area contributed by atoms with Gasteiger partial charge < -0.3 is 10.4 Å². The predicted molar refractivity (Wildman–Crippen MR) is 69.9 cm³/mol. The highest BCUT2D eigenvalue weighted by Crippen LogP contribution is 2.29. The second-order valence-corrected chi connectivity index (χ2v) is 4.79. The number of aromatic nitrogens is 4. The second kappa shape index (κ2) is 5.92. The Morgan fingerprint density at radius 2 is 2.33 bits per heavy atom. The van der Waals surface area contributed by atoms with E-state index in [1.165, 1.54) is 0 Å². The van der Waals surface area contributed by atoms with Crippen LogP contribution in [0.2, 0.25) is 0 Å². The maximum Gasteiger partial charge on any atom is 0.188 e. The van der Waals surface area contributed by atoms with Crippen LogP contribution < -0.4 is 5.32 Å². The number of tetrazole rings is 1. The standard InChI is InChI=1S/C11H14BrN5O/c1-2-9(13-6-11-14-16-17-15-11)8-5-7(12)3-4-10(8)18/h3-5,9,13,18H,2,6H2,1H3,(H,14,15,16,17). The van der Waals surface area contributed by atoms with Gasteiger partial charge in [0.15, 0.2) is 5.82 Å². The molecule has 1 aromatic heterocycles. The fraction of sp³-hybridized carbons (Fsp3) is 0.364. The van der Waals surface area contributed by atoms with E-state index in [4.69, 9.17) is 0 Å². The van der Waals surface area contributed by atoms with Crippen molar-refractivity contribution in [2.24, 2.45) is 0 Å². The maximum atomic E-state index is 9.88. The van der Waals surface area contributed by atoms with Gasteiger partial charge in [0.05, 0.1) is 6.54 Å². The molecular weight excluding hydrogens is 298 g/mol. The number of aromatic hydroxyl groups is 1. The van der Waals surface area contributed by atoms with Gasteiger partial charge in [0, 0.05) is 16.1 Å². The fourth-order valence-electron chi connectivity index (χ4n) is 1.75. The number of H-pyrrole nitrogens is 1. The van der Waals surface area contributed by atoms with Crippen molar-refractivity contribution in [3.63, 3.8) is 0 Å². The Kier molecular flexibility index (Phi) is 4.27. The first kappa shape index (κ1) is 13.0. The molecule has 3 N–H and O–H groups in total. The van der Waals surface area contributed by atoms with E-state index in [9.17, 15) is 5.11 Å². The lowest BCUT2D eigenvalue weighted by atomic mass is 10.0. The third-order valence-corrected chi connectivity index (χ3v) is 3.16. The number of phenolic OH excluding ortho intramolecular Hbond substituents is 1. The molecule has 7 heteroatoms. The summed E-state index contributed by atoms with van der Waals surface area (Å²) in [6.07, 6.45) is 0.849. The molecule has 0 fully saturated rings. The first-order valence-corrected chi connectivity index (χ1v) is 6.44. The molecule has 0 saturated heterocycles. The minimum atomic E-state index is 0.0426. The molecular formula is C11H14BrN5O. The van der Waals surface area contributed by atoms with E-state index in [0.717, 1.165) is 16.5 Å². The molecule has 0 aliphatic rings. The lowest BCUT2D eigenvalue weighted by Gasteiger charge is -2.17. The monoisotopic (exact) mass is 311 g/mol. The molecule has 1 heterocycles. The Balaban J connectivity index is 2.10. The van der Waals surface area contributed by atoms with Gasteiger partial charge in [-0.3, -0.25) is 0 Å². The Bertz CT molecular complexity index is 502. The second-order valence-electron chi connectivity index (χ2n) is 3.87. The third-order valence-electron chi connectivity index (χ3n) is 2.67. The van der Waals surface area contributed by atoms with Crippen molar-refractivity contribution in [1.29, 1.82) is 0 Å². The third kappa shape index (κ3) is 3.05. The van der Waals surface area contributed by atoms with Gasteiger partial charge in [-0.1, -0.05) is 28.1 Å². The molecule has 1 aromatic carbocycles. The van der Waals surface area contributed by atoms with Crippen LogP contribution in [0, 0.1) is 0 Å². The van der Waals surface area contributed by atoms with Gasteiger partial charge in [-0.2, -0.15) is 5.21 Å². The zero-order valence-corrected chi connectivity index (χ0v) is 11.5. The van der Waals surface area contributed by atoms with Crippen LogP contribution in [0.25, 0.3) is 0 Å². The van der Waals surface area contributed by atoms with Crippen LogP contribution in [0.3, 0.4) is 0 Å². The van der Waals surface area contributed by atoms with Crippen molar-refractivity contribution >= 4 is 15.9 Å². The van der Waals surface area contributed by atoms with Crippen molar-refractivity contribution in [3.8, 4) is 5.75 Å². The van der Waals surface area contributed by atoms with Crippen LogP contribution in [0.4, 0.5) is 0 Å². The number of halogens is 1. The molecule has 0 spiro atoms. The average Bonchev–Trinajstić information content (AvgIpc) is 2.87. The lowest BCUT2D eigenvalue weighted by molar-refractivity contribution is 0.438. The minimum absolute atomic E-state index is 0.0426. The maximum absolute atomic E-state index is 9.88. The molecule has 0 amide bonds. The highest BCUT2D eigenvalue weighted by Gasteiger charge is 2.14. The zero-order valence-electron chi connectivity index (χ0n) is 9.89. The Morgan fingerprint density at radius 1 is 1.50 bits per heavy atom. The number of hydrogen-bond acceptors (Lipinski definition) is 5. The van der Waals surface area contributed by atoms with Crippen molar-refractivity contribution in [2.75, 3.05) is 0 Å². The van der Waals surface area contributed by atoms with Gasteiger partial charge in [0.1, 0.15) is 5.75 Å². The Morgan fingerprint density at radius 3 is 3.00 bits per heavy atom. The number of rotatable bonds is 5. The van der Waals surface area contributed by atoms with Gasteiger partial charge in [-0.15, -0.1) is 10.2 Å². The molecule has 0 saturated carbocycles. The largest absolute Gasteiger partial charge is 0.508 e. The van der Waals surface area contributed by atoms with Crippen molar-refractivity contribution in [1.82, 2.24) is 25.9 Å². The van der Waals surface area contributed by atoms with E-state index >= 15 is 0 Å². The summed E-state index contributed by atoms with van der Waals surface area (Å²) in [6.45, 7) is 2.55. The number of hydrogen-bond donors (Lipinski definition) is 3. The van der Waals surface area contributed by atoms with E-state index in [1.807, 2.05) is 19.1 Å².